The van der Waals surface area contributed by atoms with E-state index in [1.54, 1.807) is 0 Å². The third kappa shape index (κ3) is 2.73. The maximum atomic E-state index is 11.6. The van der Waals surface area contributed by atoms with Gasteiger partial charge in [0.15, 0.2) is 5.16 Å². The van der Waals surface area contributed by atoms with Gasteiger partial charge in [-0.05, 0) is 25.3 Å². The number of anilines is 1. The number of carbonyl (C=O) groups excluding carboxylic acids is 1. The third-order valence-electron chi connectivity index (χ3n) is 2.34. The van der Waals surface area contributed by atoms with Crippen molar-refractivity contribution in [3.63, 3.8) is 0 Å². The minimum atomic E-state index is -0.234. The van der Waals surface area contributed by atoms with Crippen molar-refractivity contribution in [1.82, 2.24) is 15.3 Å². The summed E-state index contributed by atoms with van der Waals surface area (Å²) in [5.74, 6) is 0.447. The van der Waals surface area contributed by atoms with Crippen LogP contribution in [-0.2, 0) is 4.79 Å². The highest BCUT2D eigenvalue weighted by Gasteiger charge is 2.16. The zero-order valence-electron chi connectivity index (χ0n) is 10.1. The zero-order valence-corrected chi connectivity index (χ0v) is 11.8. The lowest BCUT2D eigenvalue weighted by Crippen LogP contribution is -2.30. The Morgan fingerprint density at radius 1 is 1.61 bits per heavy atom. The molecule has 5 nitrogen and oxygen atoms in total. The summed E-state index contributed by atoms with van der Waals surface area (Å²) in [5, 5.41) is 5.87. The van der Waals surface area contributed by atoms with Gasteiger partial charge in [0.2, 0.25) is 5.91 Å². The minimum absolute atomic E-state index is 0.0176. The van der Waals surface area contributed by atoms with Gasteiger partial charge in [0.1, 0.15) is 10.6 Å². The van der Waals surface area contributed by atoms with Crippen molar-refractivity contribution in [2.45, 2.75) is 24.3 Å². The summed E-state index contributed by atoms with van der Waals surface area (Å²) >= 11 is 2.83. The highest BCUT2D eigenvalue weighted by molar-refractivity contribution is 8.00. The van der Waals surface area contributed by atoms with Crippen LogP contribution in [0.5, 0.6) is 0 Å². The van der Waals surface area contributed by atoms with Gasteiger partial charge in [-0.15, -0.1) is 11.3 Å². The van der Waals surface area contributed by atoms with Crippen LogP contribution in [0.15, 0.2) is 16.6 Å². The number of nitrogens with one attached hydrogen (secondary N) is 1. The second kappa shape index (κ2) is 5.53. The smallest absolute Gasteiger partial charge is 0.233 e. The number of rotatable bonds is 4. The lowest BCUT2D eigenvalue weighted by molar-refractivity contribution is -0.120. The average Bonchev–Trinajstić information content (AvgIpc) is 2.77. The summed E-state index contributed by atoms with van der Waals surface area (Å²) in [7, 11) is 0. The Balaban J connectivity index is 2.18. The van der Waals surface area contributed by atoms with Crippen LogP contribution in [0, 0.1) is 0 Å². The van der Waals surface area contributed by atoms with E-state index in [2.05, 4.69) is 15.3 Å². The number of hydrogen-bond acceptors (Lipinski definition) is 6. The standard InChI is InChI=1S/C11H14N4OS2/c1-3-13-9(16)6(2)18-11-14-8(12)7-4-5-17-10(7)15-11/h4-6H,3H2,1-2H3,(H,13,16)(H2,12,14,15)/t6-/m0/s1. The molecule has 3 N–H and O–H groups in total. The van der Waals surface area contributed by atoms with E-state index in [1.165, 1.54) is 23.1 Å². The van der Waals surface area contributed by atoms with Crippen molar-refractivity contribution in [2.75, 3.05) is 12.3 Å². The Morgan fingerprint density at radius 3 is 3.11 bits per heavy atom. The first-order chi connectivity index (χ1) is 8.61. The van der Waals surface area contributed by atoms with Crippen molar-refractivity contribution in [3.8, 4) is 0 Å². The second-order valence-corrected chi connectivity index (χ2v) is 5.89. The molecule has 0 aromatic carbocycles. The maximum absolute atomic E-state index is 11.6. The molecule has 0 saturated carbocycles. The Morgan fingerprint density at radius 2 is 2.39 bits per heavy atom. The van der Waals surface area contributed by atoms with E-state index in [1.807, 2.05) is 25.3 Å². The topological polar surface area (TPSA) is 80.9 Å². The molecule has 0 aliphatic carbocycles. The molecule has 0 bridgehead atoms. The molecule has 0 saturated heterocycles. The fraction of sp³-hybridized carbons (Fsp3) is 0.364. The predicted octanol–water partition coefficient (Wildman–Crippen LogP) is 1.89. The first-order valence-electron chi connectivity index (χ1n) is 5.57. The van der Waals surface area contributed by atoms with Crippen molar-refractivity contribution < 1.29 is 4.79 Å². The van der Waals surface area contributed by atoms with Crippen molar-refractivity contribution in [1.29, 1.82) is 0 Å². The normalized spacial score (nSPS) is 12.6. The maximum Gasteiger partial charge on any atom is 0.233 e. The lowest BCUT2D eigenvalue weighted by Gasteiger charge is -2.09. The highest BCUT2D eigenvalue weighted by Crippen LogP contribution is 2.27. The van der Waals surface area contributed by atoms with Crippen LogP contribution in [-0.4, -0.2) is 27.7 Å². The molecule has 1 atom stereocenters. The number of nitrogens with two attached hydrogens (primary N) is 1. The third-order valence-corrected chi connectivity index (χ3v) is 4.10. The molecule has 1 amide bonds. The summed E-state index contributed by atoms with van der Waals surface area (Å²) in [6, 6.07) is 1.90. The summed E-state index contributed by atoms with van der Waals surface area (Å²) < 4.78 is 0. The number of nitrogens with zero attached hydrogens (tertiary/aromatic N) is 2. The van der Waals surface area contributed by atoms with E-state index in [4.69, 9.17) is 5.73 Å². The number of amides is 1. The van der Waals surface area contributed by atoms with E-state index < -0.39 is 0 Å². The Hall–Kier alpha value is -1.34. The van der Waals surface area contributed by atoms with Gasteiger partial charge in [-0.3, -0.25) is 4.79 Å². The quantitative estimate of drug-likeness (QED) is 0.661. The predicted molar refractivity (Wildman–Crippen MR) is 75.8 cm³/mol. The van der Waals surface area contributed by atoms with Gasteiger partial charge >= 0.3 is 0 Å². The van der Waals surface area contributed by atoms with Crippen LogP contribution in [0.3, 0.4) is 0 Å². The van der Waals surface area contributed by atoms with E-state index in [0.29, 0.717) is 17.5 Å². The number of aromatic nitrogens is 2. The highest BCUT2D eigenvalue weighted by atomic mass is 32.2. The summed E-state index contributed by atoms with van der Waals surface area (Å²) in [4.78, 5) is 21.1. The number of nitrogen functional groups attached to an aromatic ring is 1. The number of hydrogen-bond donors (Lipinski definition) is 2. The van der Waals surface area contributed by atoms with E-state index in [0.717, 1.165) is 10.2 Å². The van der Waals surface area contributed by atoms with Gasteiger partial charge in [0, 0.05) is 6.54 Å². The first kappa shape index (κ1) is 13.1. The van der Waals surface area contributed by atoms with Crippen LogP contribution in [0.4, 0.5) is 5.82 Å². The van der Waals surface area contributed by atoms with Crippen LogP contribution in [0.25, 0.3) is 10.2 Å². The number of carbonyl (C=O) groups is 1. The van der Waals surface area contributed by atoms with Gasteiger partial charge in [0.05, 0.1) is 10.6 Å². The summed E-state index contributed by atoms with van der Waals surface area (Å²) in [5.41, 5.74) is 5.85. The van der Waals surface area contributed by atoms with Gasteiger partial charge in [-0.2, -0.15) is 0 Å². The number of fused-ring (bicyclic) bond motifs is 1. The molecule has 18 heavy (non-hydrogen) atoms. The van der Waals surface area contributed by atoms with Crippen molar-refractivity contribution >= 4 is 45.0 Å². The molecular weight excluding hydrogens is 268 g/mol. The van der Waals surface area contributed by atoms with Crippen LogP contribution < -0.4 is 11.1 Å². The van der Waals surface area contributed by atoms with Gasteiger partial charge in [0.25, 0.3) is 0 Å². The minimum Gasteiger partial charge on any atom is -0.383 e. The van der Waals surface area contributed by atoms with Gasteiger partial charge in [-0.1, -0.05) is 11.8 Å². The molecule has 0 spiro atoms. The number of thiophene rings is 1. The molecule has 2 heterocycles. The fourth-order valence-corrected chi connectivity index (χ4v) is 3.07. The van der Waals surface area contributed by atoms with E-state index in [9.17, 15) is 4.79 Å². The monoisotopic (exact) mass is 282 g/mol. The van der Waals surface area contributed by atoms with Crippen molar-refractivity contribution in [2.24, 2.45) is 0 Å². The van der Waals surface area contributed by atoms with Gasteiger partial charge < -0.3 is 11.1 Å². The molecule has 2 aromatic rings. The molecule has 2 rings (SSSR count). The summed E-state index contributed by atoms with van der Waals surface area (Å²) in [6.07, 6.45) is 0. The molecule has 0 aliphatic rings. The largest absolute Gasteiger partial charge is 0.383 e. The van der Waals surface area contributed by atoms with Crippen molar-refractivity contribution in [3.05, 3.63) is 11.4 Å². The molecule has 0 unspecified atom stereocenters. The Bertz CT molecular complexity index is 569. The second-order valence-electron chi connectivity index (χ2n) is 3.69. The molecule has 0 fully saturated rings. The van der Waals surface area contributed by atoms with E-state index in [-0.39, 0.29) is 11.2 Å². The molecular formula is C11H14N4OS2. The van der Waals surface area contributed by atoms with Crippen LogP contribution in [0.2, 0.25) is 0 Å². The lowest BCUT2D eigenvalue weighted by atomic mass is 10.4. The molecule has 2 aromatic heterocycles. The molecule has 0 aliphatic heterocycles. The zero-order chi connectivity index (χ0) is 13.1. The Kier molecular flexibility index (Phi) is 4.03. The average molecular weight is 282 g/mol. The first-order valence-corrected chi connectivity index (χ1v) is 7.32. The number of thioether (sulfide) groups is 1. The summed E-state index contributed by atoms with van der Waals surface area (Å²) in [6.45, 7) is 4.34. The fourth-order valence-electron chi connectivity index (χ4n) is 1.44. The molecule has 7 heteroatoms. The SMILES string of the molecule is CCNC(=O)[C@H](C)Sc1nc(N)c2ccsc2n1. The van der Waals surface area contributed by atoms with E-state index >= 15 is 0 Å². The van der Waals surface area contributed by atoms with Crippen LogP contribution in [0.1, 0.15) is 13.8 Å². The molecule has 96 valence electrons. The Labute approximate surface area is 113 Å². The van der Waals surface area contributed by atoms with Crippen LogP contribution >= 0.6 is 23.1 Å². The van der Waals surface area contributed by atoms with Gasteiger partial charge in [-0.25, -0.2) is 9.97 Å². The molecule has 0 radical (unpaired) electrons.